The summed E-state index contributed by atoms with van der Waals surface area (Å²) >= 11 is 0. The molecule has 0 aliphatic carbocycles. The van der Waals surface area contributed by atoms with Crippen LogP contribution in [0.25, 0.3) is 0 Å². The number of rotatable bonds is 8. The largest absolute Gasteiger partial charge is 0.444 e. The fraction of sp³-hybridized carbons (Fsp3) is 0.938. The van der Waals surface area contributed by atoms with E-state index in [-0.39, 0.29) is 24.4 Å². The van der Waals surface area contributed by atoms with E-state index in [1.807, 2.05) is 20.8 Å². The first-order valence-electron chi connectivity index (χ1n) is 8.10. The monoisotopic (exact) mass is 340 g/mol. The number of carbonyl (C=O) groups is 1. The van der Waals surface area contributed by atoms with Crippen LogP contribution in [0.1, 0.15) is 60.8 Å². The maximum Gasteiger partial charge on any atom is 0.407 e. The topological polar surface area (TPSA) is 50.4 Å². The van der Waals surface area contributed by atoms with Gasteiger partial charge in [-0.25, -0.2) is 4.79 Å². The first-order chi connectivity index (χ1) is 10.3. The van der Waals surface area contributed by atoms with Gasteiger partial charge >= 0.3 is 12.3 Å². The molecular weight excluding hydrogens is 309 g/mol. The molecule has 7 heteroatoms. The molecule has 1 amide bonds. The number of ether oxygens (including phenoxy) is 1. The van der Waals surface area contributed by atoms with Crippen LogP contribution < -0.4 is 10.6 Å². The Bertz CT molecular complexity index is 352. The van der Waals surface area contributed by atoms with Crippen molar-refractivity contribution < 1.29 is 22.7 Å². The zero-order chi connectivity index (χ0) is 18.3. The SMILES string of the molecule is CC(CCCC(F)(F)F)NCC(NC(=O)OC(C)(C)C)C(C)C. The molecule has 2 N–H and O–H groups in total. The quantitative estimate of drug-likeness (QED) is 0.695. The van der Waals surface area contributed by atoms with Gasteiger partial charge < -0.3 is 15.4 Å². The number of hydrogen-bond donors (Lipinski definition) is 2. The van der Waals surface area contributed by atoms with Crippen molar-refractivity contribution in [1.29, 1.82) is 0 Å². The highest BCUT2D eigenvalue weighted by molar-refractivity contribution is 5.68. The molecule has 23 heavy (non-hydrogen) atoms. The van der Waals surface area contributed by atoms with E-state index in [4.69, 9.17) is 4.74 Å². The number of alkyl carbamates (subject to hydrolysis) is 1. The molecule has 2 unspecified atom stereocenters. The molecule has 0 aromatic carbocycles. The molecule has 0 aliphatic rings. The number of halogens is 3. The van der Waals surface area contributed by atoms with Gasteiger partial charge in [-0.3, -0.25) is 0 Å². The third-order valence-corrected chi connectivity index (χ3v) is 3.29. The van der Waals surface area contributed by atoms with Gasteiger partial charge in [-0.15, -0.1) is 0 Å². The predicted octanol–water partition coefficient (Wildman–Crippen LogP) is 4.25. The molecule has 0 rings (SSSR count). The van der Waals surface area contributed by atoms with Gasteiger partial charge in [0, 0.05) is 25.0 Å². The van der Waals surface area contributed by atoms with E-state index in [9.17, 15) is 18.0 Å². The lowest BCUT2D eigenvalue weighted by atomic mass is 10.0. The lowest BCUT2D eigenvalue weighted by Crippen LogP contribution is -2.48. The van der Waals surface area contributed by atoms with Crippen molar-refractivity contribution >= 4 is 6.09 Å². The van der Waals surface area contributed by atoms with E-state index in [2.05, 4.69) is 10.6 Å². The summed E-state index contributed by atoms with van der Waals surface area (Å²) in [6, 6.07) is -0.186. The standard InChI is InChI=1S/C16H31F3N2O2/c1-11(2)13(21-14(22)23-15(4,5)6)10-20-12(3)8-7-9-16(17,18)19/h11-13,20H,7-10H2,1-6H3,(H,21,22). The third kappa shape index (κ3) is 13.2. The minimum Gasteiger partial charge on any atom is -0.444 e. The first-order valence-corrected chi connectivity index (χ1v) is 8.10. The maximum absolute atomic E-state index is 12.1. The Kier molecular flexibility index (Phi) is 8.95. The summed E-state index contributed by atoms with van der Waals surface area (Å²) in [7, 11) is 0. The van der Waals surface area contributed by atoms with Crippen molar-refractivity contribution in [2.24, 2.45) is 5.92 Å². The first kappa shape index (κ1) is 22.0. The van der Waals surface area contributed by atoms with Crippen LogP contribution in [-0.4, -0.2) is 36.5 Å². The maximum atomic E-state index is 12.1. The fourth-order valence-electron chi connectivity index (χ4n) is 1.95. The summed E-state index contributed by atoms with van der Waals surface area (Å²) in [5.74, 6) is 0.178. The van der Waals surface area contributed by atoms with Gasteiger partial charge in [0.05, 0.1) is 0 Å². The van der Waals surface area contributed by atoms with E-state index in [0.29, 0.717) is 13.0 Å². The van der Waals surface area contributed by atoms with Gasteiger partial charge in [0.15, 0.2) is 0 Å². The zero-order valence-corrected chi connectivity index (χ0v) is 15.0. The zero-order valence-electron chi connectivity index (χ0n) is 15.0. The molecule has 0 heterocycles. The van der Waals surface area contributed by atoms with Gasteiger partial charge in [0.1, 0.15) is 5.60 Å². The molecule has 0 aliphatic heterocycles. The molecule has 0 bridgehead atoms. The van der Waals surface area contributed by atoms with Crippen molar-refractivity contribution in [1.82, 2.24) is 10.6 Å². The molecule has 138 valence electrons. The second kappa shape index (κ2) is 9.35. The number of amides is 1. The molecule has 0 aromatic rings. The van der Waals surface area contributed by atoms with Crippen LogP contribution >= 0.6 is 0 Å². The Hall–Kier alpha value is -0.980. The van der Waals surface area contributed by atoms with Crippen molar-refractivity contribution in [2.45, 2.75) is 84.7 Å². The lowest BCUT2D eigenvalue weighted by molar-refractivity contribution is -0.135. The molecular formula is C16H31F3N2O2. The number of hydrogen-bond acceptors (Lipinski definition) is 3. The summed E-state index contributed by atoms with van der Waals surface area (Å²) in [4.78, 5) is 11.8. The summed E-state index contributed by atoms with van der Waals surface area (Å²) in [5.41, 5.74) is -0.566. The number of alkyl halides is 3. The van der Waals surface area contributed by atoms with Crippen molar-refractivity contribution in [3.8, 4) is 0 Å². The highest BCUT2D eigenvalue weighted by Crippen LogP contribution is 2.22. The Labute approximate surface area is 137 Å². The summed E-state index contributed by atoms with van der Waals surface area (Å²) < 4.78 is 41.6. The summed E-state index contributed by atoms with van der Waals surface area (Å²) in [5, 5.41) is 5.99. The van der Waals surface area contributed by atoms with E-state index >= 15 is 0 Å². The molecule has 0 fully saturated rings. The summed E-state index contributed by atoms with van der Waals surface area (Å²) in [6.07, 6.45) is -4.80. The highest BCUT2D eigenvalue weighted by atomic mass is 19.4. The fourth-order valence-corrected chi connectivity index (χ4v) is 1.95. The van der Waals surface area contributed by atoms with Crippen LogP contribution in [-0.2, 0) is 4.74 Å². The Morgan fingerprint density at radius 2 is 1.70 bits per heavy atom. The van der Waals surface area contributed by atoms with Crippen LogP contribution in [0.5, 0.6) is 0 Å². The molecule has 2 atom stereocenters. The van der Waals surface area contributed by atoms with Crippen LogP contribution in [0.4, 0.5) is 18.0 Å². The molecule has 0 saturated carbocycles. The molecule has 0 saturated heterocycles. The minimum absolute atomic E-state index is 0.0426. The summed E-state index contributed by atoms with van der Waals surface area (Å²) in [6.45, 7) is 11.6. The van der Waals surface area contributed by atoms with Crippen LogP contribution in [0.3, 0.4) is 0 Å². The normalized spacial score (nSPS) is 15.4. The van der Waals surface area contributed by atoms with Crippen molar-refractivity contribution in [3.63, 3.8) is 0 Å². The minimum atomic E-state index is -4.10. The second-order valence-electron chi connectivity index (χ2n) is 7.31. The Balaban J connectivity index is 4.21. The van der Waals surface area contributed by atoms with E-state index < -0.39 is 24.3 Å². The van der Waals surface area contributed by atoms with E-state index in [1.54, 1.807) is 20.8 Å². The van der Waals surface area contributed by atoms with Gasteiger partial charge in [-0.2, -0.15) is 13.2 Å². The lowest BCUT2D eigenvalue weighted by Gasteiger charge is -2.27. The Morgan fingerprint density at radius 1 is 1.13 bits per heavy atom. The van der Waals surface area contributed by atoms with Crippen LogP contribution in [0.15, 0.2) is 0 Å². The highest BCUT2D eigenvalue weighted by Gasteiger charge is 2.26. The van der Waals surface area contributed by atoms with E-state index in [1.165, 1.54) is 0 Å². The average molecular weight is 340 g/mol. The van der Waals surface area contributed by atoms with E-state index in [0.717, 1.165) is 0 Å². The average Bonchev–Trinajstić information content (AvgIpc) is 2.30. The van der Waals surface area contributed by atoms with Gasteiger partial charge in [0.25, 0.3) is 0 Å². The molecule has 4 nitrogen and oxygen atoms in total. The number of nitrogens with one attached hydrogen (secondary N) is 2. The molecule has 0 spiro atoms. The Morgan fingerprint density at radius 3 is 2.13 bits per heavy atom. The molecule has 0 radical (unpaired) electrons. The van der Waals surface area contributed by atoms with Gasteiger partial charge in [-0.05, 0) is 46.5 Å². The van der Waals surface area contributed by atoms with Crippen LogP contribution in [0, 0.1) is 5.92 Å². The van der Waals surface area contributed by atoms with Crippen molar-refractivity contribution in [2.75, 3.05) is 6.54 Å². The van der Waals surface area contributed by atoms with Gasteiger partial charge in [-0.1, -0.05) is 13.8 Å². The predicted molar refractivity (Wildman–Crippen MR) is 85.4 cm³/mol. The van der Waals surface area contributed by atoms with Crippen LogP contribution in [0.2, 0.25) is 0 Å². The molecule has 0 aromatic heterocycles. The van der Waals surface area contributed by atoms with Crippen molar-refractivity contribution in [3.05, 3.63) is 0 Å². The number of carbonyl (C=O) groups excluding carboxylic acids is 1. The smallest absolute Gasteiger partial charge is 0.407 e. The second-order valence-corrected chi connectivity index (χ2v) is 7.31. The third-order valence-electron chi connectivity index (χ3n) is 3.29. The van der Waals surface area contributed by atoms with Gasteiger partial charge in [0.2, 0.25) is 0 Å².